The third-order valence-corrected chi connectivity index (χ3v) is 7.33. The third-order valence-electron chi connectivity index (χ3n) is 7.33. The van der Waals surface area contributed by atoms with Gasteiger partial charge in [0, 0.05) is 24.3 Å². The summed E-state index contributed by atoms with van der Waals surface area (Å²) in [5.74, 6) is 0. The number of nitro groups is 4. The summed E-state index contributed by atoms with van der Waals surface area (Å²) >= 11 is 0. The lowest BCUT2D eigenvalue weighted by Crippen LogP contribution is -2.24. The maximum absolute atomic E-state index is 11.6. The van der Waals surface area contributed by atoms with Crippen molar-refractivity contribution in [2.45, 2.75) is 0 Å². The van der Waals surface area contributed by atoms with Crippen molar-refractivity contribution >= 4 is 52.1 Å². The van der Waals surface area contributed by atoms with Crippen LogP contribution in [0.5, 0.6) is 0 Å². The van der Waals surface area contributed by atoms with E-state index in [9.17, 15) is 40.5 Å². The van der Waals surface area contributed by atoms with Gasteiger partial charge in [0.2, 0.25) is 0 Å². The quantitative estimate of drug-likeness (QED) is 0.110. The normalized spacial score (nSPS) is 11.1. The topological polar surface area (TPSA) is 259 Å². The van der Waals surface area contributed by atoms with Gasteiger partial charge >= 0.3 is 0 Å². The highest BCUT2D eigenvalue weighted by Gasteiger charge is 2.21. The number of nitrogens with zero attached hydrogens (tertiary/aromatic N) is 4. The molecule has 0 N–H and O–H groups in total. The molecule has 49 heavy (non-hydrogen) atoms. The van der Waals surface area contributed by atoms with Crippen LogP contribution in [0.2, 0.25) is 0 Å². The number of fused-ring (bicyclic) bond motifs is 2. The average Bonchev–Trinajstić information content (AvgIpc) is 3.06. The Balaban J connectivity index is 0.000000874. The molecule has 17 heteroatoms. The molecule has 0 bridgehead atoms. The summed E-state index contributed by atoms with van der Waals surface area (Å²) in [5, 5.41) is 49.6. The predicted molar refractivity (Wildman–Crippen MR) is 172 cm³/mol. The minimum atomic E-state index is -5.39. The zero-order chi connectivity index (χ0) is 35.6. The van der Waals surface area contributed by atoms with Crippen LogP contribution < -0.4 is 14.7 Å². The summed E-state index contributed by atoms with van der Waals surface area (Å²) in [6.45, 7) is 0. The van der Waals surface area contributed by atoms with Crippen molar-refractivity contribution in [3.63, 3.8) is 0 Å². The molecule has 6 rings (SSSR count). The number of non-ortho nitro benzene ring substituents is 4. The molecule has 0 aliphatic carbocycles. The van der Waals surface area contributed by atoms with Gasteiger partial charge in [-0.3, -0.25) is 40.5 Å². The fourth-order valence-corrected chi connectivity index (χ4v) is 5.35. The van der Waals surface area contributed by atoms with Gasteiger partial charge in [0.05, 0.1) is 31.8 Å². The maximum Gasteiger partial charge on any atom is 0.276 e. The monoisotopic (exact) mass is 681 g/mol. The Hall–Kier alpha value is -6.45. The van der Waals surface area contributed by atoms with Gasteiger partial charge in [-0.15, -0.1) is 0 Å². The van der Waals surface area contributed by atoms with Crippen molar-refractivity contribution < 1.29 is 38.9 Å². The zero-order valence-electron chi connectivity index (χ0n) is 24.5. The molecule has 0 saturated heterocycles. The van der Waals surface area contributed by atoms with E-state index in [0.29, 0.717) is 22.3 Å². The summed E-state index contributed by atoms with van der Waals surface area (Å²) in [6.07, 6.45) is 0. The van der Waals surface area contributed by atoms with E-state index in [1.54, 1.807) is 24.3 Å². The predicted octanol–water partition coefficient (Wildman–Crippen LogP) is 5.80. The third kappa shape index (κ3) is 7.75. The Morgan fingerprint density at radius 2 is 0.673 bits per heavy atom. The van der Waals surface area contributed by atoms with Crippen molar-refractivity contribution in [1.29, 1.82) is 0 Å². The van der Waals surface area contributed by atoms with Gasteiger partial charge in [-0.05, 0) is 79.2 Å². The Morgan fingerprint density at radius 3 is 0.959 bits per heavy atom. The molecular formula is C32H18N4O12P-3. The molecule has 0 saturated carbocycles. The van der Waals surface area contributed by atoms with Gasteiger partial charge < -0.3 is 19.2 Å². The van der Waals surface area contributed by atoms with E-state index in [0.717, 1.165) is 33.7 Å². The molecule has 0 aromatic heterocycles. The molecule has 0 spiro atoms. The second-order valence-corrected chi connectivity index (χ2v) is 11.3. The standard InChI is InChI=1S/C32H18N4O8.H3O4P/c37-33(38)25-11-23(12-26(17-25)34(39)40)21-9-19-5-1-3-7-29(19)31(15-21)32-16-22(10-20-6-2-4-8-30(20)32)24-13-27(35(41)42)18-28(14-24)36(43)44;1-5(2,3)4/h1-18H;(H3,1,2,3,4)/p-3. The van der Waals surface area contributed by atoms with Crippen LogP contribution in [-0.2, 0) is 4.57 Å². The smallest absolute Gasteiger partial charge is 0.276 e. The van der Waals surface area contributed by atoms with Crippen LogP contribution in [0.25, 0.3) is 54.9 Å². The van der Waals surface area contributed by atoms with E-state index in [1.807, 2.05) is 48.5 Å². The second kappa shape index (κ2) is 13.3. The highest BCUT2D eigenvalue weighted by molar-refractivity contribution is 7.40. The second-order valence-electron chi connectivity index (χ2n) is 10.4. The van der Waals surface area contributed by atoms with Gasteiger partial charge in [0.15, 0.2) is 0 Å². The van der Waals surface area contributed by atoms with Crippen molar-refractivity contribution in [3.05, 3.63) is 150 Å². The lowest BCUT2D eigenvalue weighted by atomic mass is 9.88. The Kier molecular flexibility index (Phi) is 9.23. The van der Waals surface area contributed by atoms with E-state index < -0.39 is 50.3 Å². The van der Waals surface area contributed by atoms with E-state index in [2.05, 4.69) is 0 Å². The average molecular weight is 681 g/mol. The molecule has 246 valence electrons. The van der Waals surface area contributed by atoms with Crippen molar-refractivity contribution in [2.75, 3.05) is 0 Å². The first-order chi connectivity index (χ1) is 23.1. The van der Waals surface area contributed by atoms with Crippen LogP contribution in [-0.4, -0.2) is 19.7 Å². The lowest BCUT2D eigenvalue weighted by Gasteiger charge is -2.36. The first-order valence-electron chi connectivity index (χ1n) is 13.8. The molecule has 0 atom stereocenters. The van der Waals surface area contributed by atoms with Crippen LogP contribution in [0.1, 0.15) is 0 Å². The van der Waals surface area contributed by atoms with Gasteiger partial charge in [0.1, 0.15) is 0 Å². The lowest BCUT2D eigenvalue weighted by molar-refractivity contribution is -0.432. The van der Waals surface area contributed by atoms with Gasteiger partial charge in [0.25, 0.3) is 22.7 Å². The minimum Gasteiger partial charge on any atom is -0.822 e. The highest BCUT2D eigenvalue weighted by Crippen LogP contribution is 2.42. The van der Waals surface area contributed by atoms with Gasteiger partial charge in [-0.25, -0.2) is 0 Å². The summed E-state index contributed by atoms with van der Waals surface area (Å²) < 4.78 is 8.55. The molecule has 0 fully saturated rings. The summed E-state index contributed by atoms with van der Waals surface area (Å²) in [6, 6.07) is 28.9. The zero-order valence-corrected chi connectivity index (χ0v) is 25.4. The molecule has 0 aliphatic rings. The van der Waals surface area contributed by atoms with Crippen LogP contribution >= 0.6 is 7.82 Å². The van der Waals surface area contributed by atoms with E-state index in [-0.39, 0.29) is 11.1 Å². The largest absolute Gasteiger partial charge is 0.822 e. The Bertz CT molecular complexity index is 2160. The van der Waals surface area contributed by atoms with E-state index in [4.69, 9.17) is 19.2 Å². The van der Waals surface area contributed by atoms with Crippen molar-refractivity contribution in [2.24, 2.45) is 0 Å². The summed E-state index contributed by atoms with van der Waals surface area (Å²) in [7, 11) is -5.39. The molecule has 0 aliphatic heterocycles. The molecule has 0 amide bonds. The van der Waals surface area contributed by atoms with E-state index >= 15 is 0 Å². The molecule has 0 heterocycles. The number of hydrogen-bond acceptors (Lipinski definition) is 12. The molecular weight excluding hydrogens is 663 g/mol. The Morgan fingerprint density at radius 1 is 0.408 bits per heavy atom. The van der Waals surface area contributed by atoms with Crippen LogP contribution in [0, 0.1) is 40.5 Å². The minimum absolute atomic E-state index is 0.271. The van der Waals surface area contributed by atoms with E-state index in [1.165, 1.54) is 24.3 Å². The van der Waals surface area contributed by atoms with Crippen LogP contribution in [0.15, 0.2) is 109 Å². The number of hydrogen-bond donors (Lipinski definition) is 0. The number of nitro benzene ring substituents is 4. The molecule has 16 nitrogen and oxygen atoms in total. The van der Waals surface area contributed by atoms with Gasteiger partial charge in [-0.2, -0.15) is 7.82 Å². The van der Waals surface area contributed by atoms with Crippen LogP contribution in [0.4, 0.5) is 22.7 Å². The number of benzene rings is 6. The molecule has 6 aromatic carbocycles. The van der Waals surface area contributed by atoms with Crippen molar-refractivity contribution in [1.82, 2.24) is 0 Å². The van der Waals surface area contributed by atoms with Gasteiger partial charge in [-0.1, -0.05) is 48.5 Å². The fraction of sp³-hybridized carbons (Fsp3) is 0. The summed E-state index contributed by atoms with van der Waals surface area (Å²) in [5.41, 5.74) is 1.19. The first kappa shape index (κ1) is 33.9. The first-order valence-corrected chi connectivity index (χ1v) is 15.2. The summed E-state index contributed by atoms with van der Waals surface area (Å²) in [4.78, 5) is 69.3. The maximum atomic E-state index is 11.6. The highest BCUT2D eigenvalue weighted by atomic mass is 31.2. The molecule has 0 unspecified atom stereocenters. The fourth-order valence-electron chi connectivity index (χ4n) is 5.35. The number of phosphoric acid groups is 1. The molecule has 0 radical (unpaired) electrons. The number of rotatable bonds is 7. The van der Waals surface area contributed by atoms with Crippen LogP contribution in [0.3, 0.4) is 0 Å². The Labute approximate surface area is 274 Å². The molecule has 6 aromatic rings. The van der Waals surface area contributed by atoms with Crippen molar-refractivity contribution in [3.8, 4) is 33.4 Å². The SMILES string of the molecule is O=P([O-])([O-])[O-].O=[N+]([O-])c1cc(-c2cc(-c3cc(-c4cc([N+](=O)[O-])cc([N+](=O)[O-])c4)cc4ccccc34)c3ccccc3c2)cc([N+](=O)[O-])c1.